The van der Waals surface area contributed by atoms with Crippen LogP contribution in [0.3, 0.4) is 0 Å². The molecule has 2 fully saturated rings. The number of fused-ring (bicyclic) bond motifs is 2. The number of nitrogens with zero attached hydrogens (tertiary/aromatic N) is 4. The van der Waals surface area contributed by atoms with Gasteiger partial charge in [0.15, 0.2) is 0 Å². The van der Waals surface area contributed by atoms with Crippen LogP contribution >= 0.6 is 0 Å². The lowest BCUT2D eigenvalue weighted by atomic mass is 9.82. The van der Waals surface area contributed by atoms with E-state index in [0.29, 0.717) is 32.1 Å². The first-order chi connectivity index (χ1) is 11.6. The number of allylic oxidation sites excluding steroid dienone is 2. The maximum Gasteiger partial charge on any atom is 0.227 e. The minimum Gasteiger partial charge on any atom is -0.550 e. The Balaban J connectivity index is 1.43. The van der Waals surface area contributed by atoms with E-state index in [9.17, 15) is 14.7 Å². The Morgan fingerprint density at radius 1 is 1.00 bits per heavy atom. The van der Waals surface area contributed by atoms with Gasteiger partial charge in [-0.15, -0.1) is 0 Å². The zero-order valence-electron chi connectivity index (χ0n) is 13.2. The van der Waals surface area contributed by atoms with Gasteiger partial charge in [0.05, 0.1) is 5.92 Å². The van der Waals surface area contributed by atoms with Crippen molar-refractivity contribution in [2.24, 2.45) is 23.7 Å². The number of carbonyl (C=O) groups excluding carboxylic acids is 2. The van der Waals surface area contributed by atoms with E-state index in [0.717, 1.165) is 6.42 Å². The maximum atomic E-state index is 12.9. The molecule has 2 heterocycles. The highest BCUT2D eigenvalue weighted by Gasteiger charge is 2.50. The van der Waals surface area contributed by atoms with Gasteiger partial charge < -0.3 is 19.7 Å². The topological polar surface area (TPSA) is 89.5 Å². The molecule has 1 saturated heterocycles. The fourth-order valence-electron chi connectivity index (χ4n) is 4.27. The molecule has 0 N–H and O–H groups in total. The molecule has 1 aliphatic heterocycles. The van der Waals surface area contributed by atoms with Crippen molar-refractivity contribution in [3.63, 3.8) is 0 Å². The second kappa shape index (κ2) is 5.89. The van der Waals surface area contributed by atoms with Crippen LogP contribution in [0.15, 0.2) is 30.6 Å². The predicted octanol–water partition coefficient (Wildman–Crippen LogP) is -0.687. The normalized spacial score (nSPS) is 31.5. The van der Waals surface area contributed by atoms with E-state index in [-0.39, 0.29) is 17.7 Å². The fraction of sp³-hybridized carbons (Fsp3) is 0.529. The first-order valence-electron chi connectivity index (χ1n) is 8.35. The van der Waals surface area contributed by atoms with E-state index < -0.39 is 17.8 Å². The lowest BCUT2D eigenvalue weighted by Gasteiger charge is -2.38. The summed E-state index contributed by atoms with van der Waals surface area (Å²) in [6, 6.07) is 1.77. The van der Waals surface area contributed by atoms with Crippen molar-refractivity contribution in [2.75, 3.05) is 31.1 Å². The monoisotopic (exact) mass is 327 g/mol. The number of hydrogen-bond acceptors (Lipinski definition) is 6. The molecule has 3 aliphatic rings. The number of rotatable bonds is 3. The molecule has 1 saturated carbocycles. The van der Waals surface area contributed by atoms with Gasteiger partial charge in [-0.3, -0.25) is 4.79 Å². The Labute approximate surface area is 140 Å². The highest BCUT2D eigenvalue weighted by Crippen LogP contribution is 2.48. The SMILES string of the molecule is O=C([O-])[C@@H]1[C@H](C(=O)N2CCN(c3ncccn3)CC2)[C@H]2C=C[C@@H]1C2. The van der Waals surface area contributed by atoms with Gasteiger partial charge in [0.2, 0.25) is 11.9 Å². The number of carboxylic acids is 1. The van der Waals surface area contributed by atoms with Crippen LogP contribution in [0, 0.1) is 23.7 Å². The number of hydrogen-bond donors (Lipinski definition) is 0. The molecule has 1 aromatic heterocycles. The van der Waals surface area contributed by atoms with Gasteiger partial charge in [-0.05, 0) is 24.3 Å². The Morgan fingerprint density at radius 3 is 2.25 bits per heavy atom. The second-order valence-electron chi connectivity index (χ2n) is 6.68. The quantitative estimate of drug-likeness (QED) is 0.683. The standard InChI is InChI=1S/C17H20N4O3/c22-15(13-11-2-3-12(10-11)14(13)16(23)24)20-6-8-21(9-7-20)17-18-4-1-5-19-17/h1-5,11-14H,6-10H2,(H,23,24)/p-1/t11-,12+,13+,14-/m0/s1. The third-order valence-corrected chi connectivity index (χ3v) is 5.44. The summed E-state index contributed by atoms with van der Waals surface area (Å²) in [7, 11) is 0. The third kappa shape index (κ3) is 2.44. The molecule has 1 aromatic rings. The largest absolute Gasteiger partial charge is 0.550 e. The van der Waals surface area contributed by atoms with Crippen LogP contribution in [0.25, 0.3) is 0 Å². The van der Waals surface area contributed by atoms with Gasteiger partial charge in [0.25, 0.3) is 0 Å². The van der Waals surface area contributed by atoms with Crippen LogP contribution in [0.4, 0.5) is 5.95 Å². The van der Waals surface area contributed by atoms with Crippen LogP contribution in [0.1, 0.15) is 6.42 Å². The Hall–Kier alpha value is -2.44. The molecule has 0 aromatic carbocycles. The van der Waals surface area contributed by atoms with Gasteiger partial charge in [0, 0.05) is 50.5 Å². The smallest absolute Gasteiger partial charge is 0.227 e. The fourth-order valence-corrected chi connectivity index (χ4v) is 4.27. The summed E-state index contributed by atoms with van der Waals surface area (Å²) in [5.41, 5.74) is 0. The van der Waals surface area contributed by atoms with Gasteiger partial charge in [-0.1, -0.05) is 12.2 Å². The van der Waals surface area contributed by atoms with Crippen LogP contribution in [-0.2, 0) is 9.59 Å². The molecule has 0 spiro atoms. The molecule has 4 atom stereocenters. The summed E-state index contributed by atoms with van der Waals surface area (Å²) in [4.78, 5) is 36.7. The van der Waals surface area contributed by atoms with E-state index >= 15 is 0 Å². The number of carbonyl (C=O) groups is 2. The minimum absolute atomic E-state index is 0.0425. The lowest BCUT2D eigenvalue weighted by molar-refractivity contribution is -0.313. The van der Waals surface area contributed by atoms with E-state index in [4.69, 9.17) is 0 Å². The zero-order valence-corrected chi connectivity index (χ0v) is 13.2. The van der Waals surface area contributed by atoms with Crippen molar-refractivity contribution in [2.45, 2.75) is 6.42 Å². The summed E-state index contributed by atoms with van der Waals surface area (Å²) in [6.07, 6.45) is 8.09. The summed E-state index contributed by atoms with van der Waals surface area (Å²) in [5.74, 6) is -1.63. The Kier molecular flexibility index (Phi) is 3.70. The number of anilines is 1. The molecule has 24 heavy (non-hydrogen) atoms. The van der Waals surface area contributed by atoms with Crippen molar-refractivity contribution in [1.29, 1.82) is 0 Å². The second-order valence-corrected chi connectivity index (χ2v) is 6.68. The molecule has 7 heteroatoms. The van der Waals surface area contributed by atoms with Crippen LogP contribution in [0.5, 0.6) is 0 Å². The maximum absolute atomic E-state index is 12.9. The minimum atomic E-state index is -1.10. The molecule has 126 valence electrons. The van der Waals surface area contributed by atoms with Crippen LogP contribution < -0.4 is 10.0 Å². The molecule has 7 nitrogen and oxygen atoms in total. The van der Waals surface area contributed by atoms with Gasteiger partial charge in [-0.2, -0.15) is 0 Å². The summed E-state index contributed by atoms with van der Waals surface area (Å²) in [6.45, 7) is 2.44. The summed E-state index contributed by atoms with van der Waals surface area (Å²) < 4.78 is 0. The van der Waals surface area contributed by atoms with Crippen molar-refractivity contribution in [1.82, 2.24) is 14.9 Å². The Bertz CT molecular complexity index is 670. The van der Waals surface area contributed by atoms with Crippen molar-refractivity contribution in [3.8, 4) is 0 Å². The molecule has 0 unspecified atom stereocenters. The number of aromatic nitrogens is 2. The average Bonchev–Trinajstić information content (AvgIpc) is 3.23. The number of piperazine rings is 1. The lowest BCUT2D eigenvalue weighted by Crippen LogP contribution is -2.53. The molecule has 2 bridgehead atoms. The predicted molar refractivity (Wildman–Crippen MR) is 83.5 cm³/mol. The van der Waals surface area contributed by atoms with Crippen molar-refractivity contribution in [3.05, 3.63) is 30.6 Å². The molecular formula is C17H19N4O3-. The van der Waals surface area contributed by atoms with E-state index in [2.05, 4.69) is 9.97 Å². The van der Waals surface area contributed by atoms with Crippen LogP contribution in [0.2, 0.25) is 0 Å². The van der Waals surface area contributed by atoms with Crippen molar-refractivity contribution < 1.29 is 14.7 Å². The third-order valence-electron chi connectivity index (χ3n) is 5.44. The molecule has 0 radical (unpaired) electrons. The van der Waals surface area contributed by atoms with Gasteiger partial charge >= 0.3 is 0 Å². The highest BCUT2D eigenvalue weighted by molar-refractivity contribution is 5.86. The molecular weight excluding hydrogens is 308 g/mol. The summed E-state index contributed by atoms with van der Waals surface area (Å²) >= 11 is 0. The molecule has 4 rings (SSSR count). The van der Waals surface area contributed by atoms with E-state index in [1.165, 1.54) is 0 Å². The van der Waals surface area contributed by atoms with E-state index in [1.807, 2.05) is 17.1 Å². The van der Waals surface area contributed by atoms with Crippen LogP contribution in [-0.4, -0.2) is 52.9 Å². The van der Waals surface area contributed by atoms with E-state index in [1.54, 1.807) is 23.4 Å². The molecule has 2 aliphatic carbocycles. The Morgan fingerprint density at radius 2 is 1.62 bits per heavy atom. The number of aliphatic carboxylic acids is 1. The molecule has 1 amide bonds. The van der Waals surface area contributed by atoms with Crippen molar-refractivity contribution >= 4 is 17.8 Å². The number of carboxylic acid groups (broad SMARTS) is 1. The first-order valence-corrected chi connectivity index (χ1v) is 8.35. The first kappa shape index (κ1) is 15.1. The van der Waals surface area contributed by atoms with Gasteiger partial charge in [0.1, 0.15) is 0 Å². The highest BCUT2D eigenvalue weighted by atomic mass is 16.4. The number of amides is 1. The zero-order chi connectivity index (χ0) is 16.7. The van der Waals surface area contributed by atoms with Gasteiger partial charge in [-0.25, -0.2) is 9.97 Å². The average molecular weight is 327 g/mol. The summed E-state index contributed by atoms with van der Waals surface area (Å²) in [5, 5.41) is 11.5.